The Bertz CT molecular complexity index is 509. The fraction of sp³-hybridized carbons (Fsp3) is 0.571. The Morgan fingerprint density at radius 1 is 1.43 bits per heavy atom. The second-order valence-electron chi connectivity index (χ2n) is 5.39. The van der Waals surface area contributed by atoms with Crippen molar-refractivity contribution in [1.29, 1.82) is 0 Å². The normalized spacial score (nSPS) is 20.2. The average Bonchev–Trinajstić information content (AvgIpc) is 2.47. The largest absolute Gasteiger partial charge is 0.490 e. The lowest BCUT2D eigenvalue weighted by Crippen LogP contribution is -2.52. The Balaban J connectivity index is 2.11. The van der Waals surface area contributed by atoms with E-state index in [4.69, 9.17) is 4.74 Å². The van der Waals surface area contributed by atoms with Crippen LogP contribution in [0.2, 0.25) is 0 Å². The lowest BCUT2D eigenvalue weighted by Gasteiger charge is -2.37. The number of nitrogens with zero attached hydrogens (tertiary/aromatic N) is 3. The molecule has 0 amide bonds. The molecule has 7 heteroatoms. The lowest BCUT2D eigenvalue weighted by molar-refractivity contribution is -0.384. The number of nitro benzene ring substituents is 1. The van der Waals surface area contributed by atoms with E-state index in [9.17, 15) is 10.1 Å². The van der Waals surface area contributed by atoms with Crippen molar-refractivity contribution in [2.24, 2.45) is 0 Å². The zero-order valence-corrected chi connectivity index (χ0v) is 12.7. The summed E-state index contributed by atoms with van der Waals surface area (Å²) in [6, 6.07) is 5.40. The predicted molar refractivity (Wildman–Crippen MR) is 82.1 cm³/mol. The highest BCUT2D eigenvalue weighted by Gasteiger charge is 2.24. The van der Waals surface area contributed by atoms with Crippen molar-refractivity contribution in [2.75, 3.05) is 52.7 Å². The molecular formula is C14H22N4O3. The number of ether oxygens (including phenoxy) is 1. The number of nitrogens with one attached hydrogen (secondary N) is 1. The maximum Gasteiger partial charge on any atom is 0.333 e. The Labute approximate surface area is 124 Å². The maximum absolute atomic E-state index is 11.2. The Hall–Kier alpha value is -1.86. The van der Waals surface area contributed by atoms with Crippen LogP contribution in [0, 0.1) is 10.1 Å². The average molecular weight is 294 g/mol. The zero-order chi connectivity index (χ0) is 15.4. The highest BCUT2D eigenvalue weighted by atomic mass is 16.6. The number of piperazine rings is 1. The number of rotatable bonds is 5. The molecule has 1 N–H and O–H groups in total. The van der Waals surface area contributed by atoms with Crippen molar-refractivity contribution in [1.82, 2.24) is 9.80 Å². The van der Waals surface area contributed by atoms with Crippen LogP contribution in [0.1, 0.15) is 0 Å². The summed E-state index contributed by atoms with van der Waals surface area (Å²) in [7, 11) is 5.61. The molecule has 1 aromatic rings. The molecule has 0 aromatic heterocycles. The number of benzene rings is 1. The summed E-state index contributed by atoms with van der Waals surface area (Å²) in [5.74, 6) is 0.277. The molecule has 2 rings (SSSR count). The molecule has 0 aliphatic carbocycles. The van der Waals surface area contributed by atoms with Crippen molar-refractivity contribution >= 4 is 11.4 Å². The van der Waals surface area contributed by atoms with Crippen molar-refractivity contribution in [3.05, 3.63) is 28.3 Å². The molecular weight excluding hydrogens is 272 g/mol. The minimum atomic E-state index is -0.405. The Kier molecular flexibility index (Phi) is 4.98. The molecule has 7 nitrogen and oxygen atoms in total. The van der Waals surface area contributed by atoms with Crippen molar-refractivity contribution in [2.45, 2.75) is 6.04 Å². The third kappa shape index (κ3) is 3.62. The summed E-state index contributed by atoms with van der Waals surface area (Å²) in [6.07, 6.45) is 0. The molecule has 1 aliphatic rings. The van der Waals surface area contributed by atoms with E-state index in [0.717, 1.165) is 19.6 Å². The second kappa shape index (κ2) is 6.73. The molecule has 0 spiro atoms. The minimum absolute atomic E-state index is 0.00758. The molecule has 0 bridgehead atoms. The summed E-state index contributed by atoms with van der Waals surface area (Å²) in [6.45, 7) is 3.66. The summed E-state index contributed by atoms with van der Waals surface area (Å²) < 4.78 is 5.08. The quantitative estimate of drug-likeness (QED) is 0.651. The Morgan fingerprint density at radius 2 is 2.19 bits per heavy atom. The van der Waals surface area contributed by atoms with Gasteiger partial charge in [0.2, 0.25) is 0 Å². The van der Waals surface area contributed by atoms with E-state index in [2.05, 4.69) is 29.2 Å². The third-order valence-electron chi connectivity index (χ3n) is 3.91. The van der Waals surface area contributed by atoms with Gasteiger partial charge in [0.25, 0.3) is 0 Å². The second-order valence-corrected chi connectivity index (χ2v) is 5.39. The van der Waals surface area contributed by atoms with Gasteiger partial charge in [-0.25, -0.2) is 0 Å². The van der Waals surface area contributed by atoms with Crippen LogP contribution in [0.25, 0.3) is 0 Å². The lowest BCUT2D eigenvalue weighted by atomic mass is 10.1. The number of nitro groups is 1. The molecule has 1 atom stereocenters. The van der Waals surface area contributed by atoms with E-state index in [0.29, 0.717) is 18.3 Å². The van der Waals surface area contributed by atoms with Gasteiger partial charge in [-0.3, -0.25) is 15.0 Å². The summed E-state index contributed by atoms with van der Waals surface area (Å²) in [4.78, 5) is 15.4. The molecule has 116 valence electrons. The fourth-order valence-corrected chi connectivity index (χ4v) is 2.57. The van der Waals surface area contributed by atoms with Crippen LogP contribution in [-0.4, -0.2) is 68.1 Å². The maximum atomic E-state index is 11.2. The molecule has 1 unspecified atom stereocenters. The van der Waals surface area contributed by atoms with Gasteiger partial charge in [-0.05, 0) is 26.2 Å². The topological polar surface area (TPSA) is 70.9 Å². The van der Waals surface area contributed by atoms with Crippen molar-refractivity contribution in [3.8, 4) is 5.75 Å². The standard InChI is InChI=1S/C14H22N4O3/c1-16-7-8-17(2)11(10-16)9-15-12-5-4-6-13(21-3)14(12)18(19)20/h4-6,11,15H,7-10H2,1-3H3. The molecule has 1 heterocycles. The van der Waals surface area contributed by atoms with Gasteiger partial charge in [-0.2, -0.15) is 0 Å². The minimum Gasteiger partial charge on any atom is -0.490 e. The van der Waals surface area contributed by atoms with Gasteiger partial charge in [-0.1, -0.05) is 6.07 Å². The summed E-state index contributed by atoms with van der Waals surface area (Å²) in [5, 5.41) is 14.4. The van der Waals surface area contributed by atoms with E-state index < -0.39 is 4.92 Å². The number of hydrogen-bond acceptors (Lipinski definition) is 6. The number of hydrogen-bond donors (Lipinski definition) is 1. The Morgan fingerprint density at radius 3 is 2.86 bits per heavy atom. The van der Waals surface area contributed by atoms with Gasteiger partial charge < -0.3 is 15.0 Å². The number of methoxy groups -OCH3 is 1. The SMILES string of the molecule is COc1cccc(NCC2CN(C)CCN2C)c1[N+](=O)[O-]. The first-order chi connectivity index (χ1) is 10.0. The van der Waals surface area contributed by atoms with Crippen LogP contribution in [0.15, 0.2) is 18.2 Å². The molecule has 1 aromatic carbocycles. The van der Waals surface area contributed by atoms with Crippen LogP contribution in [0.5, 0.6) is 5.75 Å². The van der Waals surface area contributed by atoms with Gasteiger partial charge in [0.15, 0.2) is 5.75 Å². The zero-order valence-electron chi connectivity index (χ0n) is 12.7. The van der Waals surface area contributed by atoms with E-state index in [1.54, 1.807) is 18.2 Å². The first-order valence-corrected chi connectivity index (χ1v) is 6.97. The highest BCUT2D eigenvalue weighted by molar-refractivity contribution is 5.68. The van der Waals surface area contributed by atoms with Crippen LogP contribution in [-0.2, 0) is 0 Å². The first kappa shape index (κ1) is 15.5. The summed E-state index contributed by atoms with van der Waals surface area (Å²) in [5.41, 5.74) is 0.493. The molecule has 21 heavy (non-hydrogen) atoms. The number of likely N-dealkylation sites (N-methyl/N-ethyl adjacent to an activating group) is 2. The molecule has 1 saturated heterocycles. The molecule has 0 saturated carbocycles. The van der Waals surface area contributed by atoms with Crippen molar-refractivity contribution in [3.63, 3.8) is 0 Å². The van der Waals surface area contributed by atoms with Gasteiger partial charge in [-0.15, -0.1) is 0 Å². The molecule has 0 radical (unpaired) electrons. The molecule has 1 fully saturated rings. The van der Waals surface area contributed by atoms with Crippen LogP contribution < -0.4 is 10.1 Å². The van der Waals surface area contributed by atoms with E-state index in [1.807, 2.05) is 0 Å². The van der Waals surface area contributed by atoms with Crippen LogP contribution in [0.3, 0.4) is 0 Å². The number of para-hydroxylation sites is 1. The van der Waals surface area contributed by atoms with Gasteiger partial charge in [0.05, 0.1) is 12.0 Å². The third-order valence-corrected chi connectivity index (χ3v) is 3.91. The van der Waals surface area contributed by atoms with Crippen LogP contribution in [0.4, 0.5) is 11.4 Å². The van der Waals surface area contributed by atoms with E-state index in [1.165, 1.54) is 7.11 Å². The number of anilines is 1. The van der Waals surface area contributed by atoms with Gasteiger partial charge in [0.1, 0.15) is 5.69 Å². The fourth-order valence-electron chi connectivity index (χ4n) is 2.57. The first-order valence-electron chi connectivity index (χ1n) is 6.97. The highest BCUT2D eigenvalue weighted by Crippen LogP contribution is 2.34. The van der Waals surface area contributed by atoms with Gasteiger partial charge >= 0.3 is 5.69 Å². The van der Waals surface area contributed by atoms with Crippen LogP contribution >= 0.6 is 0 Å². The molecule has 1 aliphatic heterocycles. The van der Waals surface area contributed by atoms with Gasteiger partial charge in [0, 0.05) is 32.2 Å². The predicted octanol–water partition coefficient (Wildman–Crippen LogP) is 1.26. The smallest absolute Gasteiger partial charge is 0.333 e. The van der Waals surface area contributed by atoms with E-state index in [-0.39, 0.29) is 11.4 Å². The van der Waals surface area contributed by atoms with Crippen molar-refractivity contribution < 1.29 is 9.66 Å². The monoisotopic (exact) mass is 294 g/mol. The summed E-state index contributed by atoms with van der Waals surface area (Å²) >= 11 is 0. The van der Waals surface area contributed by atoms with E-state index >= 15 is 0 Å².